The van der Waals surface area contributed by atoms with Crippen LogP contribution in [0.15, 0.2) is 29.2 Å². The van der Waals surface area contributed by atoms with Crippen LogP contribution in [0.5, 0.6) is 0 Å². The number of rotatable bonds is 5. The number of halogens is 1. The van der Waals surface area contributed by atoms with Gasteiger partial charge in [0.25, 0.3) is 0 Å². The third kappa shape index (κ3) is 4.01. The summed E-state index contributed by atoms with van der Waals surface area (Å²) in [5, 5.41) is 8.71. The molecule has 5 nitrogen and oxygen atoms in total. The molecule has 1 heterocycles. The quantitative estimate of drug-likeness (QED) is 0.903. The second-order valence-corrected chi connectivity index (χ2v) is 7.20. The number of piperidine rings is 1. The van der Waals surface area contributed by atoms with E-state index in [0.29, 0.717) is 25.9 Å². The van der Waals surface area contributed by atoms with Gasteiger partial charge in [-0.05, 0) is 49.4 Å². The van der Waals surface area contributed by atoms with Gasteiger partial charge in [0.2, 0.25) is 10.0 Å². The molecule has 21 heavy (non-hydrogen) atoms. The van der Waals surface area contributed by atoms with E-state index in [2.05, 4.69) is 0 Å². The number of carboxylic acid groups (broad SMARTS) is 1. The summed E-state index contributed by atoms with van der Waals surface area (Å²) in [6.45, 7) is 0.746. The molecule has 7 heteroatoms. The molecule has 1 aromatic rings. The summed E-state index contributed by atoms with van der Waals surface area (Å²) in [7, 11) is -3.63. The molecular formula is C14H18FNO4S. The molecule has 1 aliphatic rings. The predicted octanol–water partition coefficient (Wildman–Crippen LogP) is 2.09. The van der Waals surface area contributed by atoms with Crippen LogP contribution in [-0.2, 0) is 14.8 Å². The zero-order valence-corrected chi connectivity index (χ0v) is 12.4. The average Bonchev–Trinajstić information content (AvgIpc) is 2.46. The van der Waals surface area contributed by atoms with Gasteiger partial charge in [0, 0.05) is 19.5 Å². The maximum atomic E-state index is 12.9. The molecule has 0 saturated carbocycles. The van der Waals surface area contributed by atoms with E-state index in [4.69, 9.17) is 5.11 Å². The van der Waals surface area contributed by atoms with Crippen LogP contribution in [0.3, 0.4) is 0 Å². The van der Waals surface area contributed by atoms with E-state index >= 15 is 0 Å². The Labute approximate surface area is 123 Å². The fraction of sp³-hybridized carbons (Fsp3) is 0.500. The third-order valence-corrected chi connectivity index (χ3v) is 5.58. The first-order valence-corrected chi connectivity index (χ1v) is 8.31. The van der Waals surface area contributed by atoms with E-state index in [1.807, 2.05) is 0 Å². The lowest BCUT2D eigenvalue weighted by Gasteiger charge is -2.31. The Hall–Kier alpha value is -1.47. The smallest absolute Gasteiger partial charge is 0.303 e. The maximum absolute atomic E-state index is 12.9. The highest BCUT2D eigenvalue weighted by Gasteiger charge is 2.30. The second kappa shape index (κ2) is 6.53. The lowest BCUT2D eigenvalue weighted by atomic mass is 9.95. The molecule has 116 valence electrons. The normalized spacial score (nSPS) is 20.3. The summed E-state index contributed by atoms with van der Waals surface area (Å²) in [4.78, 5) is 10.7. The number of aliphatic carboxylic acids is 1. The molecule has 1 saturated heterocycles. The van der Waals surface area contributed by atoms with Gasteiger partial charge in [0.1, 0.15) is 5.82 Å². The zero-order chi connectivity index (χ0) is 15.5. The van der Waals surface area contributed by atoms with Crippen molar-refractivity contribution < 1.29 is 22.7 Å². The lowest BCUT2D eigenvalue weighted by Crippen LogP contribution is -2.40. The summed E-state index contributed by atoms with van der Waals surface area (Å²) >= 11 is 0. The Kier molecular flexibility index (Phi) is 4.95. The molecule has 1 atom stereocenters. The number of sulfonamides is 1. The number of benzene rings is 1. The Balaban J connectivity index is 2.09. The van der Waals surface area contributed by atoms with Crippen LogP contribution in [0.2, 0.25) is 0 Å². The fourth-order valence-electron chi connectivity index (χ4n) is 2.56. The Morgan fingerprint density at radius 2 is 2.00 bits per heavy atom. The van der Waals surface area contributed by atoms with Crippen molar-refractivity contribution >= 4 is 16.0 Å². The van der Waals surface area contributed by atoms with Crippen molar-refractivity contribution in [2.75, 3.05) is 13.1 Å². The summed E-state index contributed by atoms with van der Waals surface area (Å²) in [5.41, 5.74) is 0. The molecule has 0 aromatic heterocycles. The minimum Gasteiger partial charge on any atom is -0.481 e. The van der Waals surface area contributed by atoms with E-state index in [1.54, 1.807) is 0 Å². The highest BCUT2D eigenvalue weighted by molar-refractivity contribution is 7.89. The van der Waals surface area contributed by atoms with Gasteiger partial charge in [-0.2, -0.15) is 4.31 Å². The minimum atomic E-state index is -3.63. The van der Waals surface area contributed by atoms with Gasteiger partial charge < -0.3 is 5.11 Å². The largest absolute Gasteiger partial charge is 0.481 e. The number of carbonyl (C=O) groups is 1. The van der Waals surface area contributed by atoms with Gasteiger partial charge in [0.15, 0.2) is 0 Å². The summed E-state index contributed by atoms with van der Waals surface area (Å²) in [5.74, 6) is -1.29. The predicted molar refractivity (Wildman–Crippen MR) is 74.8 cm³/mol. The van der Waals surface area contributed by atoms with Gasteiger partial charge in [-0.3, -0.25) is 4.79 Å². The van der Waals surface area contributed by atoms with Crippen LogP contribution in [0.4, 0.5) is 4.39 Å². The number of carboxylic acids is 1. The fourth-order valence-corrected chi connectivity index (χ4v) is 4.12. The summed E-state index contributed by atoms with van der Waals surface area (Å²) < 4.78 is 39.2. The molecule has 2 rings (SSSR count). The molecule has 1 N–H and O–H groups in total. The van der Waals surface area contributed by atoms with Crippen molar-refractivity contribution in [3.63, 3.8) is 0 Å². The number of hydrogen-bond acceptors (Lipinski definition) is 3. The number of hydrogen-bond donors (Lipinski definition) is 1. The summed E-state index contributed by atoms with van der Waals surface area (Å²) in [6.07, 6.45) is 2.08. The van der Waals surface area contributed by atoms with Crippen molar-refractivity contribution in [3.05, 3.63) is 30.1 Å². The molecule has 1 unspecified atom stereocenters. The summed E-state index contributed by atoms with van der Waals surface area (Å²) in [6, 6.07) is 4.76. The molecule has 0 radical (unpaired) electrons. The highest BCUT2D eigenvalue weighted by Crippen LogP contribution is 2.26. The van der Waals surface area contributed by atoms with Crippen LogP contribution in [0, 0.1) is 11.7 Å². The Morgan fingerprint density at radius 3 is 2.62 bits per heavy atom. The second-order valence-electron chi connectivity index (χ2n) is 5.26. The van der Waals surface area contributed by atoms with E-state index in [0.717, 1.165) is 18.6 Å². The van der Waals surface area contributed by atoms with Crippen molar-refractivity contribution in [1.82, 2.24) is 4.31 Å². The Bertz CT molecular complexity index is 600. The maximum Gasteiger partial charge on any atom is 0.303 e. The molecule has 1 aromatic carbocycles. The molecule has 0 aliphatic carbocycles. The van der Waals surface area contributed by atoms with Gasteiger partial charge in [0.05, 0.1) is 4.90 Å². The van der Waals surface area contributed by atoms with E-state index in [1.165, 1.54) is 16.4 Å². The average molecular weight is 315 g/mol. The molecular weight excluding hydrogens is 297 g/mol. The van der Waals surface area contributed by atoms with Crippen LogP contribution in [0.1, 0.15) is 25.7 Å². The molecule has 0 spiro atoms. The van der Waals surface area contributed by atoms with Crippen LogP contribution in [0.25, 0.3) is 0 Å². The standard InChI is InChI=1S/C14H18FNO4S/c15-12-4-6-13(7-5-12)21(19,20)16-9-1-2-11(10-16)3-8-14(17)18/h4-7,11H,1-3,8-10H2,(H,17,18). The van der Waals surface area contributed by atoms with Crippen molar-refractivity contribution in [2.24, 2.45) is 5.92 Å². The minimum absolute atomic E-state index is 0.0507. The van der Waals surface area contributed by atoms with Crippen molar-refractivity contribution in [2.45, 2.75) is 30.6 Å². The molecule has 0 bridgehead atoms. The van der Waals surface area contributed by atoms with Gasteiger partial charge >= 0.3 is 5.97 Å². The topological polar surface area (TPSA) is 74.7 Å². The SMILES string of the molecule is O=C(O)CCC1CCCN(S(=O)(=O)c2ccc(F)cc2)C1. The van der Waals surface area contributed by atoms with Crippen LogP contribution >= 0.6 is 0 Å². The van der Waals surface area contributed by atoms with Gasteiger partial charge in [-0.15, -0.1) is 0 Å². The molecule has 1 fully saturated rings. The van der Waals surface area contributed by atoms with E-state index in [9.17, 15) is 17.6 Å². The Morgan fingerprint density at radius 1 is 1.33 bits per heavy atom. The lowest BCUT2D eigenvalue weighted by molar-refractivity contribution is -0.137. The van der Waals surface area contributed by atoms with E-state index in [-0.39, 0.29) is 17.2 Å². The molecule has 0 amide bonds. The van der Waals surface area contributed by atoms with Crippen molar-refractivity contribution in [3.8, 4) is 0 Å². The monoisotopic (exact) mass is 315 g/mol. The third-order valence-electron chi connectivity index (χ3n) is 3.70. The van der Waals surface area contributed by atoms with Gasteiger partial charge in [-0.1, -0.05) is 0 Å². The zero-order valence-electron chi connectivity index (χ0n) is 11.5. The van der Waals surface area contributed by atoms with Crippen LogP contribution in [-0.4, -0.2) is 36.9 Å². The van der Waals surface area contributed by atoms with Gasteiger partial charge in [-0.25, -0.2) is 12.8 Å². The van der Waals surface area contributed by atoms with Crippen LogP contribution < -0.4 is 0 Å². The van der Waals surface area contributed by atoms with E-state index < -0.39 is 21.8 Å². The first kappa shape index (κ1) is 15.9. The number of nitrogens with zero attached hydrogens (tertiary/aromatic N) is 1. The van der Waals surface area contributed by atoms with Crippen molar-refractivity contribution in [1.29, 1.82) is 0 Å². The highest BCUT2D eigenvalue weighted by atomic mass is 32.2. The first-order chi connectivity index (χ1) is 9.89. The first-order valence-electron chi connectivity index (χ1n) is 6.87. The molecule has 1 aliphatic heterocycles.